The van der Waals surface area contributed by atoms with E-state index in [0.717, 1.165) is 18.2 Å². The summed E-state index contributed by atoms with van der Waals surface area (Å²) in [5.74, 6) is -1.01. The van der Waals surface area contributed by atoms with Crippen LogP contribution >= 0.6 is 0 Å². The van der Waals surface area contributed by atoms with Crippen LogP contribution in [0.5, 0.6) is 5.75 Å². The molecular weight excluding hydrogens is 534 g/mol. The standard InChI is InChI=1S/C25H19N3O8S2/c26-20-14-19(37(31,32)33)12-17-13-22(38(34,35)36)24(25(30)23(17)20)28-27-18-8-4-5-15(11-18)9-10-21(29)16-6-2-1-3-7-16/h1-14,30H,26H2,(H,31,32,33)(H,34,35,36)/b10-9+,28-27?. The molecule has 4 aromatic rings. The van der Waals surface area contributed by atoms with E-state index in [2.05, 4.69) is 10.2 Å². The maximum Gasteiger partial charge on any atom is 0.296 e. The number of phenols is 1. The molecule has 0 aliphatic rings. The van der Waals surface area contributed by atoms with Crippen molar-refractivity contribution in [3.05, 3.63) is 90.0 Å². The molecule has 0 aliphatic carbocycles. The predicted octanol–water partition coefficient (Wildman–Crippen LogP) is 4.93. The highest BCUT2D eigenvalue weighted by Crippen LogP contribution is 2.44. The van der Waals surface area contributed by atoms with Crippen molar-refractivity contribution in [1.82, 2.24) is 0 Å². The lowest BCUT2D eigenvalue weighted by Crippen LogP contribution is -2.02. The van der Waals surface area contributed by atoms with Crippen LogP contribution in [0.2, 0.25) is 0 Å². The van der Waals surface area contributed by atoms with Crippen LogP contribution < -0.4 is 5.73 Å². The minimum atomic E-state index is -4.98. The maximum atomic E-state index is 12.3. The number of allylic oxidation sites excluding steroid dienone is 1. The van der Waals surface area contributed by atoms with Crippen molar-refractivity contribution in [3.8, 4) is 5.75 Å². The number of hydrogen-bond acceptors (Lipinski definition) is 9. The number of fused-ring (bicyclic) bond motifs is 1. The van der Waals surface area contributed by atoms with Crippen LogP contribution in [0.1, 0.15) is 15.9 Å². The number of aromatic hydroxyl groups is 1. The first kappa shape index (κ1) is 26.6. The molecule has 4 rings (SSSR count). The summed E-state index contributed by atoms with van der Waals surface area (Å²) >= 11 is 0. The van der Waals surface area contributed by atoms with Crippen molar-refractivity contribution in [2.24, 2.45) is 10.2 Å². The number of carbonyl (C=O) groups is 1. The highest BCUT2D eigenvalue weighted by molar-refractivity contribution is 7.86. The summed E-state index contributed by atoms with van der Waals surface area (Å²) in [5, 5.41) is 18.2. The fourth-order valence-corrected chi connectivity index (χ4v) is 4.81. The molecule has 11 nitrogen and oxygen atoms in total. The fraction of sp³-hybridized carbons (Fsp3) is 0. The van der Waals surface area contributed by atoms with Gasteiger partial charge in [0.25, 0.3) is 20.2 Å². The largest absolute Gasteiger partial charge is 0.505 e. The molecule has 0 atom stereocenters. The fourth-order valence-electron chi connectivity index (χ4n) is 3.60. The molecule has 0 amide bonds. The lowest BCUT2D eigenvalue weighted by Gasteiger charge is -2.11. The van der Waals surface area contributed by atoms with Crippen LogP contribution in [-0.4, -0.2) is 36.8 Å². The molecule has 0 fully saturated rings. The number of ketones is 1. The topological polar surface area (TPSA) is 197 Å². The quantitative estimate of drug-likeness (QED) is 0.0805. The highest BCUT2D eigenvalue weighted by Gasteiger charge is 2.24. The molecular formula is C25H19N3O8S2. The predicted molar refractivity (Wildman–Crippen MR) is 140 cm³/mol. The molecule has 0 radical (unpaired) electrons. The monoisotopic (exact) mass is 553 g/mol. The van der Waals surface area contributed by atoms with Gasteiger partial charge >= 0.3 is 0 Å². The van der Waals surface area contributed by atoms with Crippen LogP contribution in [0.3, 0.4) is 0 Å². The number of anilines is 1. The van der Waals surface area contributed by atoms with E-state index in [1.54, 1.807) is 48.5 Å². The van der Waals surface area contributed by atoms with Crippen LogP contribution in [0, 0.1) is 0 Å². The SMILES string of the molecule is Nc1cc(S(=O)(=O)O)cc2cc(S(=O)(=O)O)c(N=Nc3cccc(/C=C/C(=O)c4ccccc4)c3)c(O)c12. The minimum Gasteiger partial charge on any atom is -0.505 e. The molecule has 38 heavy (non-hydrogen) atoms. The van der Waals surface area contributed by atoms with Gasteiger partial charge < -0.3 is 10.8 Å². The smallest absolute Gasteiger partial charge is 0.296 e. The molecule has 0 bridgehead atoms. The first-order valence-corrected chi connectivity index (χ1v) is 13.6. The van der Waals surface area contributed by atoms with Gasteiger partial charge in [-0.05, 0) is 47.4 Å². The van der Waals surface area contributed by atoms with E-state index in [4.69, 9.17) is 5.73 Å². The Morgan fingerprint density at radius 1 is 0.842 bits per heavy atom. The summed E-state index contributed by atoms with van der Waals surface area (Å²) < 4.78 is 66.2. The van der Waals surface area contributed by atoms with Crippen molar-refractivity contribution in [2.45, 2.75) is 9.79 Å². The summed E-state index contributed by atoms with van der Waals surface area (Å²) in [6, 6.07) is 17.6. The first-order valence-electron chi connectivity index (χ1n) is 10.7. The van der Waals surface area contributed by atoms with Crippen molar-refractivity contribution in [2.75, 3.05) is 5.73 Å². The van der Waals surface area contributed by atoms with Gasteiger partial charge in [-0.25, -0.2) is 0 Å². The molecule has 0 aliphatic heterocycles. The summed E-state index contributed by atoms with van der Waals surface area (Å²) in [6.07, 6.45) is 2.93. The van der Waals surface area contributed by atoms with Gasteiger partial charge in [0.15, 0.2) is 11.5 Å². The second kappa shape index (κ2) is 10.1. The molecule has 0 aromatic heterocycles. The zero-order valence-corrected chi connectivity index (χ0v) is 20.9. The number of carbonyl (C=O) groups excluding carboxylic acids is 1. The van der Waals surface area contributed by atoms with Crippen LogP contribution in [0.4, 0.5) is 17.1 Å². The Bertz CT molecular complexity index is 1850. The van der Waals surface area contributed by atoms with E-state index in [9.17, 15) is 35.8 Å². The Labute approximate surface area is 217 Å². The van der Waals surface area contributed by atoms with E-state index in [-0.39, 0.29) is 27.9 Å². The van der Waals surface area contributed by atoms with Gasteiger partial charge in [-0.15, -0.1) is 5.11 Å². The molecule has 4 aromatic carbocycles. The molecule has 0 saturated heterocycles. The minimum absolute atomic E-state index is 0.171. The average Bonchev–Trinajstić information content (AvgIpc) is 2.86. The molecule has 0 unspecified atom stereocenters. The average molecular weight is 554 g/mol. The molecule has 5 N–H and O–H groups in total. The normalized spacial score (nSPS) is 12.5. The zero-order valence-electron chi connectivity index (χ0n) is 19.3. The van der Waals surface area contributed by atoms with Crippen LogP contribution in [-0.2, 0) is 20.2 Å². The van der Waals surface area contributed by atoms with Gasteiger partial charge in [0.2, 0.25) is 0 Å². The van der Waals surface area contributed by atoms with E-state index in [0.29, 0.717) is 11.1 Å². The molecule has 194 valence electrons. The number of nitrogens with two attached hydrogens (primary N) is 1. The number of rotatable bonds is 7. The van der Waals surface area contributed by atoms with E-state index < -0.39 is 41.5 Å². The summed E-state index contributed by atoms with van der Waals surface area (Å²) in [4.78, 5) is 10.8. The third-order valence-electron chi connectivity index (χ3n) is 5.35. The van der Waals surface area contributed by atoms with E-state index in [1.165, 1.54) is 18.2 Å². The van der Waals surface area contributed by atoms with Crippen molar-refractivity contribution in [3.63, 3.8) is 0 Å². The van der Waals surface area contributed by atoms with Crippen LogP contribution in [0.25, 0.3) is 16.8 Å². The molecule has 0 spiro atoms. The number of nitrogens with zero attached hydrogens (tertiary/aromatic N) is 2. The second-order valence-corrected chi connectivity index (χ2v) is 10.8. The molecule has 0 saturated carbocycles. The van der Waals surface area contributed by atoms with Gasteiger partial charge in [-0.3, -0.25) is 13.9 Å². The lowest BCUT2D eigenvalue weighted by atomic mass is 10.1. The molecule has 0 heterocycles. The Balaban J connectivity index is 1.75. The summed E-state index contributed by atoms with van der Waals surface area (Å²) in [7, 11) is -9.69. The van der Waals surface area contributed by atoms with Gasteiger partial charge in [0.1, 0.15) is 10.6 Å². The Kier molecular flexibility index (Phi) is 7.11. The zero-order chi connectivity index (χ0) is 27.7. The van der Waals surface area contributed by atoms with Crippen LogP contribution in [0.15, 0.2) is 98.9 Å². The summed E-state index contributed by atoms with van der Waals surface area (Å²) in [5.41, 5.74) is 6.20. The number of phenolic OH excluding ortho intramolecular Hbond substituents is 1. The van der Waals surface area contributed by atoms with Crippen molar-refractivity contribution in [1.29, 1.82) is 0 Å². The van der Waals surface area contributed by atoms with E-state index >= 15 is 0 Å². The van der Waals surface area contributed by atoms with Crippen molar-refractivity contribution < 1.29 is 35.8 Å². The lowest BCUT2D eigenvalue weighted by molar-refractivity contribution is 0.104. The highest BCUT2D eigenvalue weighted by atomic mass is 32.2. The number of nitrogen functional groups attached to an aromatic ring is 1. The number of hydrogen-bond donors (Lipinski definition) is 4. The maximum absolute atomic E-state index is 12.3. The van der Waals surface area contributed by atoms with Gasteiger partial charge in [-0.2, -0.15) is 21.9 Å². The van der Waals surface area contributed by atoms with Crippen molar-refractivity contribution >= 4 is 59.9 Å². The number of benzene rings is 4. The first-order chi connectivity index (χ1) is 17.8. The Morgan fingerprint density at radius 2 is 1.55 bits per heavy atom. The van der Waals surface area contributed by atoms with E-state index in [1.807, 2.05) is 0 Å². The number of azo groups is 1. The Morgan fingerprint density at radius 3 is 2.21 bits per heavy atom. The Hall–Kier alpha value is -4.43. The summed E-state index contributed by atoms with van der Waals surface area (Å²) in [6.45, 7) is 0. The van der Waals surface area contributed by atoms with Gasteiger partial charge in [0.05, 0.1) is 10.6 Å². The third kappa shape index (κ3) is 5.76. The second-order valence-electron chi connectivity index (χ2n) is 7.99. The van der Waals surface area contributed by atoms with Gasteiger partial charge in [-0.1, -0.05) is 48.5 Å². The molecule has 13 heteroatoms. The van der Waals surface area contributed by atoms with Gasteiger partial charge in [0, 0.05) is 16.6 Å². The third-order valence-corrected chi connectivity index (χ3v) is 7.05.